The fourth-order valence-electron chi connectivity index (χ4n) is 1.73. The van der Waals surface area contributed by atoms with Crippen LogP contribution in [0.25, 0.3) is 0 Å². The third kappa shape index (κ3) is 2.21. The van der Waals surface area contributed by atoms with Crippen LogP contribution in [0.2, 0.25) is 0 Å². The highest BCUT2D eigenvalue weighted by atomic mass is 16.5. The molecule has 1 N–H and O–H groups in total. The molecule has 2 rings (SSSR count). The third-order valence-corrected chi connectivity index (χ3v) is 2.67. The number of carbonyl (C=O) groups excluding carboxylic acids is 1. The average molecular weight is 224 g/mol. The number of H-pyrrole nitrogens is 1. The van der Waals surface area contributed by atoms with Crippen LogP contribution in [-0.4, -0.2) is 51.8 Å². The number of aryl methyl sites for hydroxylation is 1. The van der Waals surface area contributed by atoms with E-state index in [0.29, 0.717) is 25.5 Å². The zero-order chi connectivity index (χ0) is 11.5. The van der Waals surface area contributed by atoms with Crippen LogP contribution in [0.3, 0.4) is 0 Å². The van der Waals surface area contributed by atoms with Crippen LogP contribution in [-0.2, 0) is 4.74 Å². The zero-order valence-electron chi connectivity index (χ0n) is 9.56. The molecule has 0 radical (unpaired) electrons. The Balaban J connectivity index is 2.04. The molecule has 0 aromatic carbocycles. The first-order valence-electron chi connectivity index (χ1n) is 5.50. The van der Waals surface area contributed by atoms with E-state index >= 15 is 0 Å². The van der Waals surface area contributed by atoms with E-state index in [1.807, 2.05) is 0 Å². The average Bonchev–Trinajstić information content (AvgIpc) is 2.75. The molecular formula is C10H16N4O2. The molecule has 1 aliphatic rings. The predicted molar refractivity (Wildman–Crippen MR) is 57.1 cm³/mol. The summed E-state index contributed by atoms with van der Waals surface area (Å²) < 4.78 is 5.51. The molecule has 0 bridgehead atoms. The summed E-state index contributed by atoms with van der Waals surface area (Å²) in [6.45, 7) is 5.66. The number of rotatable bonds is 2. The van der Waals surface area contributed by atoms with E-state index < -0.39 is 0 Å². The van der Waals surface area contributed by atoms with Crippen LogP contribution in [0.15, 0.2) is 0 Å². The second kappa shape index (κ2) is 4.61. The van der Waals surface area contributed by atoms with Crippen LogP contribution in [0.5, 0.6) is 0 Å². The Hall–Kier alpha value is -1.43. The summed E-state index contributed by atoms with van der Waals surface area (Å²) in [6, 6.07) is 0. The van der Waals surface area contributed by atoms with Crippen molar-refractivity contribution in [1.82, 2.24) is 20.1 Å². The molecule has 1 aliphatic heterocycles. The molecule has 6 heteroatoms. The van der Waals surface area contributed by atoms with Gasteiger partial charge < -0.3 is 9.64 Å². The minimum Gasteiger partial charge on any atom is -0.375 e. The summed E-state index contributed by atoms with van der Waals surface area (Å²) >= 11 is 0. The first-order valence-corrected chi connectivity index (χ1v) is 5.50. The van der Waals surface area contributed by atoms with Gasteiger partial charge in [0, 0.05) is 13.1 Å². The first-order chi connectivity index (χ1) is 7.70. The van der Waals surface area contributed by atoms with Crippen LogP contribution in [0, 0.1) is 6.92 Å². The van der Waals surface area contributed by atoms with Crippen LogP contribution in [0.1, 0.15) is 29.8 Å². The predicted octanol–water partition coefficient (Wildman–Crippen LogP) is 0.364. The highest BCUT2D eigenvalue weighted by molar-refractivity contribution is 5.90. The summed E-state index contributed by atoms with van der Waals surface area (Å²) in [7, 11) is 0. The molecule has 1 amide bonds. The highest BCUT2D eigenvalue weighted by Gasteiger charge is 2.26. The number of nitrogens with zero attached hydrogens (tertiary/aromatic N) is 3. The lowest BCUT2D eigenvalue weighted by Crippen LogP contribution is -2.45. The first kappa shape index (κ1) is 11.1. The maximum atomic E-state index is 12.0. The van der Waals surface area contributed by atoms with Crippen molar-refractivity contribution < 1.29 is 9.53 Å². The SMILES string of the molecule is CCC1CN(C(=O)c2n[nH]c(C)n2)CCO1. The molecule has 1 atom stereocenters. The Morgan fingerprint density at radius 1 is 1.69 bits per heavy atom. The Morgan fingerprint density at radius 2 is 2.50 bits per heavy atom. The van der Waals surface area contributed by atoms with E-state index in [4.69, 9.17) is 4.74 Å². The van der Waals surface area contributed by atoms with Crippen molar-refractivity contribution in [1.29, 1.82) is 0 Å². The van der Waals surface area contributed by atoms with Crippen LogP contribution in [0.4, 0.5) is 0 Å². The van der Waals surface area contributed by atoms with Crippen molar-refractivity contribution in [3.05, 3.63) is 11.6 Å². The minimum atomic E-state index is -0.119. The lowest BCUT2D eigenvalue weighted by Gasteiger charge is -2.31. The van der Waals surface area contributed by atoms with Gasteiger partial charge in [0.25, 0.3) is 5.91 Å². The standard InChI is InChI=1S/C10H16N4O2/c1-3-8-6-14(4-5-16-8)10(15)9-11-7(2)12-13-9/h8H,3-6H2,1-2H3,(H,11,12,13). The van der Waals surface area contributed by atoms with Gasteiger partial charge in [0.1, 0.15) is 5.82 Å². The third-order valence-electron chi connectivity index (χ3n) is 2.67. The highest BCUT2D eigenvalue weighted by Crippen LogP contribution is 2.10. The lowest BCUT2D eigenvalue weighted by atomic mass is 10.2. The number of amides is 1. The van der Waals surface area contributed by atoms with Crippen molar-refractivity contribution >= 4 is 5.91 Å². The molecule has 1 aromatic heterocycles. The van der Waals surface area contributed by atoms with E-state index in [1.165, 1.54) is 0 Å². The monoisotopic (exact) mass is 224 g/mol. The summed E-state index contributed by atoms with van der Waals surface area (Å²) in [5, 5.41) is 6.55. The number of aromatic amines is 1. The molecule has 1 aromatic rings. The number of ether oxygens (including phenoxy) is 1. The van der Waals surface area contributed by atoms with E-state index in [1.54, 1.807) is 11.8 Å². The van der Waals surface area contributed by atoms with Crippen molar-refractivity contribution in [2.45, 2.75) is 26.4 Å². The fraction of sp³-hybridized carbons (Fsp3) is 0.700. The molecule has 88 valence electrons. The van der Waals surface area contributed by atoms with Gasteiger partial charge in [-0.2, -0.15) is 0 Å². The number of carbonyl (C=O) groups is 1. The second-order valence-corrected chi connectivity index (χ2v) is 3.90. The molecule has 1 fully saturated rings. The van der Waals surface area contributed by atoms with Gasteiger partial charge in [-0.15, -0.1) is 5.10 Å². The largest absolute Gasteiger partial charge is 0.375 e. The Labute approximate surface area is 94.0 Å². The Kier molecular flexibility index (Phi) is 3.19. The van der Waals surface area contributed by atoms with E-state index in [0.717, 1.165) is 6.42 Å². The summed E-state index contributed by atoms with van der Waals surface area (Å²) in [6.07, 6.45) is 1.05. The zero-order valence-corrected chi connectivity index (χ0v) is 9.56. The van der Waals surface area contributed by atoms with Gasteiger partial charge in [0.2, 0.25) is 5.82 Å². The quantitative estimate of drug-likeness (QED) is 0.787. The Morgan fingerprint density at radius 3 is 3.12 bits per heavy atom. The van der Waals surface area contributed by atoms with E-state index in [2.05, 4.69) is 22.1 Å². The molecule has 1 unspecified atom stereocenters. The van der Waals surface area contributed by atoms with Crippen LogP contribution >= 0.6 is 0 Å². The maximum absolute atomic E-state index is 12.0. The van der Waals surface area contributed by atoms with Gasteiger partial charge in [-0.05, 0) is 13.3 Å². The molecule has 1 saturated heterocycles. The molecule has 0 saturated carbocycles. The van der Waals surface area contributed by atoms with E-state index in [9.17, 15) is 4.79 Å². The molecule has 6 nitrogen and oxygen atoms in total. The normalized spacial score (nSPS) is 21.1. The molecule has 16 heavy (non-hydrogen) atoms. The molecule has 0 aliphatic carbocycles. The van der Waals surface area contributed by atoms with Crippen LogP contribution < -0.4 is 0 Å². The van der Waals surface area contributed by atoms with Crippen molar-refractivity contribution in [2.75, 3.05) is 19.7 Å². The van der Waals surface area contributed by atoms with Gasteiger partial charge in [-0.1, -0.05) is 6.92 Å². The molecular weight excluding hydrogens is 208 g/mol. The van der Waals surface area contributed by atoms with Gasteiger partial charge in [-0.3, -0.25) is 9.89 Å². The smallest absolute Gasteiger partial charge is 0.293 e. The van der Waals surface area contributed by atoms with E-state index in [-0.39, 0.29) is 17.8 Å². The van der Waals surface area contributed by atoms with Gasteiger partial charge in [-0.25, -0.2) is 4.98 Å². The second-order valence-electron chi connectivity index (χ2n) is 3.90. The summed E-state index contributed by atoms with van der Waals surface area (Å²) in [5.41, 5.74) is 0. The minimum absolute atomic E-state index is 0.119. The number of morpholine rings is 1. The van der Waals surface area contributed by atoms with Gasteiger partial charge >= 0.3 is 0 Å². The molecule has 0 spiro atoms. The molecule has 2 heterocycles. The Bertz CT molecular complexity index is 377. The lowest BCUT2D eigenvalue weighted by molar-refractivity contribution is -0.0230. The number of hydrogen-bond donors (Lipinski definition) is 1. The maximum Gasteiger partial charge on any atom is 0.293 e. The van der Waals surface area contributed by atoms with Crippen molar-refractivity contribution in [3.63, 3.8) is 0 Å². The number of nitrogens with one attached hydrogen (secondary N) is 1. The summed E-state index contributed by atoms with van der Waals surface area (Å²) in [5.74, 6) is 0.781. The van der Waals surface area contributed by atoms with Crippen molar-refractivity contribution in [3.8, 4) is 0 Å². The summed E-state index contributed by atoms with van der Waals surface area (Å²) in [4.78, 5) is 17.8. The number of hydrogen-bond acceptors (Lipinski definition) is 4. The van der Waals surface area contributed by atoms with Crippen molar-refractivity contribution in [2.24, 2.45) is 0 Å². The topological polar surface area (TPSA) is 71.1 Å². The van der Waals surface area contributed by atoms with Gasteiger partial charge in [0.15, 0.2) is 0 Å². The fourth-order valence-corrected chi connectivity index (χ4v) is 1.73. The number of aromatic nitrogens is 3. The van der Waals surface area contributed by atoms with Gasteiger partial charge in [0.05, 0.1) is 12.7 Å².